The smallest absolute Gasteiger partial charge is 0.325 e. The van der Waals surface area contributed by atoms with E-state index in [1.165, 1.54) is 4.90 Å². The van der Waals surface area contributed by atoms with E-state index in [0.29, 0.717) is 38.9 Å². The van der Waals surface area contributed by atoms with Gasteiger partial charge in [0.2, 0.25) is 5.91 Å². The van der Waals surface area contributed by atoms with E-state index < -0.39 is 5.54 Å². The van der Waals surface area contributed by atoms with E-state index in [-0.39, 0.29) is 17.8 Å². The zero-order valence-electron chi connectivity index (χ0n) is 13.2. The van der Waals surface area contributed by atoms with E-state index >= 15 is 0 Å². The molecule has 2 aliphatic rings. The summed E-state index contributed by atoms with van der Waals surface area (Å²) in [5.41, 5.74) is 0.177. The minimum absolute atomic E-state index is 0.0650. The Morgan fingerprint density at radius 1 is 1.17 bits per heavy atom. The summed E-state index contributed by atoms with van der Waals surface area (Å²) in [5.74, 6) is -0.0877. The van der Waals surface area contributed by atoms with Crippen molar-refractivity contribution in [1.82, 2.24) is 15.1 Å². The molecule has 1 aromatic carbocycles. The molecule has 6 nitrogen and oxygen atoms in total. The van der Waals surface area contributed by atoms with Gasteiger partial charge in [-0.25, -0.2) is 4.79 Å². The Bertz CT molecular complexity index is 621. The number of carbonyl (C=O) groups excluding carboxylic acids is 3. The first-order valence-electron chi connectivity index (χ1n) is 8.01. The number of benzene rings is 1. The third-order valence-electron chi connectivity index (χ3n) is 4.73. The molecule has 2 saturated heterocycles. The molecule has 2 aliphatic heterocycles. The molecule has 0 saturated carbocycles. The first-order valence-corrected chi connectivity index (χ1v) is 8.01. The first-order chi connectivity index (χ1) is 11.1. The van der Waals surface area contributed by atoms with Gasteiger partial charge >= 0.3 is 6.03 Å². The summed E-state index contributed by atoms with van der Waals surface area (Å²) in [5, 5.41) is 2.83. The molecule has 23 heavy (non-hydrogen) atoms. The molecular formula is C17H21N3O3. The van der Waals surface area contributed by atoms with Crippen molar-refractivity contribution in [2.75, 3.05) is 19.6 Å². The first kappa shape index (κ1) is 15.5. The van der Waals surface area contributed by atoms with E-state index in [1.54, 1.807) is 11.8 Å². The van der Waals surface area contributed by atoms with Crippen LogP contribution in [0.4, 0.5) is 4.79 Å². The van der Waals surface area contributed by atoms with Gasteiger partial charge < -0.3 is 10.2 Å². The lowest BCUT2D eigenvalue weighted by Gasteiger charge is -2.37. The predicted octanol–water partition coefficient (Wildman–Crippen LogP) is 1.16. The molecule has 1 aromatic rings. The summed E-state index contributed by atoms with van der Waals surface area (Å²) >= 11 is 0. The van der Waals surface area contributed by atoms with Gasteiger partial charge in [-0.3, -0.25) is 14.5 Å². The van der Waals surface area contributed by atoms with Crippen molar-refractivity contribution in [1.29, 1.82) is 0 Å². The second kappa shape index (κ2) is 6.02. The van der Waals surface area contributed by atoms with E-state index in [9.17, 15) is 14.4 Å². The van der Waals surface area contributed by atoms with Crippen LogP contribution in [0.25, 0.3) is 0 Å². The summed E-state index contributed by atoms with van der Waals surface area (Å²) in [7, 11) is 0. The predicted molar refractivity (Wildman–Crippen MR) is 84.6 cm³/mol. The molecule has 2 fully saturated rings. The van der Waals surface area contributed by atoms with Crippen LogP contribution in [-0.4, -0.2) is 52.8 Å². The average molecular weight is 315 g/mol. The summed E-state index contributed by atoms with van der Waals surface area (Å²) in [6.07, 6.45) is 1.33. The molecule has 0 radical (unpaired) electrons. The Morgan fingerprint density at radius 2 is 1.83 bits per heavy atom. The van der Waals surface area contributed by atoms with Gasteiger partial charge in [-0.1, -0.05) is 30.3 Å². The van der Waals surface area contributed by atoms with Crippen LogP contribution >= 0.6 is 0 Å². The van der Waals surface area contributed by atoms with Gasteiger partial charge in [0.25, 0.3) is 5.91 Å². The Balaban J connectivity index is 1.61. The fourth-order valence-corrected chi connectivity index (χ4v) is 3.32. The number of carbonyl (C=O) groups is 3. The van der Waals surface area contributed by atoms with E-state index in [0.717, 1.165) is 5.56 Å². The SMILES string of the molecule is CCN1C(=O)NC2(CCN(C(=O)Cc3ccccc3)CC2)C1=O. The molecule has 0 aromatic heterocycles. The molecule has 122 valence electrons. The number of urea groups is 1. The maximum atomic E-state index is 12.4. The highest BCUT2D eigenvalue weighted by molar-refractivity contribution is 6.07. The summed E-state index contributed by atoms with van der Waals surface area (Å²) in [6, 6.07) is 9.31. The minimum Gasteiger partial charge on any atom is -0.342 e. The van der Waals surface area contributed by atoms with Gasteiger partial charge in [-0.2, -0.15) is 0 Å². The molecule has 1 N–H and O–H groups in total. The fraction of sp³-hybridized carbons (Fsp3) is 0.471. The second-order valence-electron chi connectivity index (χ2n) is 6.10. The molecule has 6 heteroatoms. The van der Waals surface area contributed by atoms with Crippen LogP contribution in [0.1, 0.15) is 25.3 Å². The van der Waals surface area contributed by atoms with Crippen molar-refractivity contribution in [2.24, 2.45) is 0 Å². The van der Waals surface area contributed by atoms with Crippen molar-refractivity contribution in [3.63, 3.8) is 0 Å². The summed E-state index contributed by atoms with van der Waals surface area (Å²) < 4.78 is 0. The Labute approximate surface area is 135 Å². The lowest BCUT2D eigenvalue weighted by Crippen LogP contribution is -2.56. The fourth-order valence-electron chi connectivity index (χ4n) is 3.32. The van der Waals surface area contributed by atoms with E-state index in [1.807, 2.05) is 30.3 Å². The van der Waals surface area contributed by atoms with Gasteiger partial charge in [-0.05, 0) is 25.3 Å². The van der Waals surface area contributed by atoms with Gasteiger partial charge in [0.15, 0.2) is 0 Å². The van der Waals surface area contributed by atoms with E-state index in [2.05, 4.69) is 5.32 Å². The molecule has 1 spiro atoms. The topological polar surface area (TPSA) is 69.7 Å². The Morgan fingerprint density at radius 3 is 2.39 bits per heavy atom. The third kappa shape index (κ3) is 2.81. The molecular weight excluding hydrogens is 294 g/mol. The molecule has 3 rings (SSSR count). The maximum absolute atomic E-state index is 12.4. The van der Waals surface area contributed by atoms with Crippen LogP contribution in [0.15, 0.2) is 30.3 Å². The molecule has 0 aliphatic carbocycles. The monoisotopic (exact) mass is 315 g/mol. The number of hydrogen-bond donors (Lipinski definition) is 1. The number of amides is 4. The number of hydrogen-bond acceptors (Lipinski definition) is 3. The number of imide groups is 1. The maximum Gasteiger partial charge on any atom is 0.325 e. The molecule has 2 heterocycles. The highest BCUT2D eigenvalue weighted by Gasteiger charge is 2.52. The number of likely N-dealkylation sites (N-methyl/N-ethyl adjacent to an activating group) is 1. The normalized spacial score (nSPS) is 20.0. The zero-order valence-corrected chi connectivity index (χ0v) is 13.2. The Hall–Kier alpha value is -2.37. The largest absolute Gasteiger partial charge is 0.342 e. The highest BCUT2D eigenvalue weighted by Crippen LogP contribution is 2.29. The second-order valence-corrected chi connectivity index (χ2v) is 6.10. The highest BCUT2D eigenvalue weighted by atomic mass is 16.2. The van der Waals surface area contributed by atoms with Crippen molar-refractivity contribution >= 4 is 17.8 Å². The number of piperidine rings is 1. The average Bonchev–Trinajstić information content (AvgIpc) is 2.79. The lowest BCUT2D eigenvalue weighted by molar-refractivity contribution is -0.138. The van der Waals surface area contributed by atoms with Crippen LogP contribution < -0.4 is 5.32 Å². The van der Waals surface area contributed by atoms with Gasteiger partial charge in [-0.15, -0.1) is 0 Å². The molecule has 4 amide bonds. The van der Waals surface area contributed by atoms with Crippen molar-refractivity contribution < 1.29 is 14.4 Å². The van der Waals surface area contributed by atoms with Crippen molar-refractivity contribution in [3.05, 3.63) is 35.9 Å². The van der Waals surface area contributed by atoms with Crippen molar-refractivity contribution in [2.45, 2.75) is 31.7 Å². The quantitative estimate of drug-likeness (QED) is 0.851. The van der Waals surface area contributed by atoms with Gasteiger partial charge in [0.05, 0.1) is 6.42 Å². The third-order valence-corrected chi connectivity index (χ3v) is 4.73. The van der Waals surface area contributed by atoms with Crippen molar-refractivity contribution in [3.8, 4) is 0 Å². The molecule has 0 unspecified atom stereocenters. The number of nitrogens with zero attached hydrogens (tertiary/aromatic N) is 2. The van der Waals surface area contributed by atoms with Crippen LogP contribution in [0.3, 0.4) is 0 Å². The number of likely N-dealkylation sites (tertiary alicyclic amines) is 1. The van der Waals surface area contributed by atoms with Crippen LogP contribution in [-0.2, 0) is 16.0 Å². The lowest BCUT2D eigenvalue weighted by atomic mass is 9.87. The minimum atomic E-state index is -0.809. The van der Waals surface area contributed by atoms with Crippen LogP contribution in [0.5, 0.6) is 0 Å². The number of rotatable bonds is 3. The zero-order chi connectivity index (χ0) is 16.4. The van der Waals surface area contributed by atoms with Gasteiger partial charge in [0, 0.05) is 19.6 Å². The van der Waals surface area contributed by atoms with Gasteiger partial charge in [0.1, 0.15) is 5.54 Å². The standard InChI is InChI=1S/C17H21N3O3/c1-2-20-15(22)17(18-16(20)23)8-10-19(11-9-17)14(21)12-13-6-4-3-5-7-13/h3-7H,2,8-12H2,1H3,(H,18,23). The molecule has 0 atom stereocenters. The molecule has 0 bridgehead atoms. The van der Waals surface area contributed by atoms with E-state index in [4.69, 9.17) is 0 Å². The van der Waals surface area contributed by atoms with Crippen LogP contribution in [0, 0.1) is 0 Å². The number of nitrogens with one attached hydrogen (secondary N) is 1. The summed E-state index contributed by atoms with van der Waals surface area (Å²) in [6.45, 7) is 3.16. The van der Waals surface area contributed by atoms with Crippen LogP contribution in [0.2, 0.25) is 0 Å². The summed E-state index contributed by atoms with van der Waals surface area (Å²) in [4.78, 5) is 39.7. The Kier molecular flexibility index (Phi) is 4.07.